The van der Waals surface area contributed by atoms with Gasteiger partial charge < -0.3 is 10.6 Å². The third-order valence-corrected chi connectivity index (χ3v) is 4.85. The van der Waals surface area contributed by atoms with Crippen LogP contribution in [0.15, 0.2) is 18.2 Å². The van der Waals surface area contributed by atoms with E-state index >= 15 is 0 Å². The number of hydrogen-bond acceptors (Lipinski definition) is 5. The zero-order chi connectivity index (χ0) is 15.5. The van der Waals surface area contributed by atoms with Gasteiger partial charge in [-0.1, -0.05) is 0 Å². The van der Waals surface area contributed by atoms with E-state index in [1.807, 2.05) is 0 Å². The highest BCUT2D eigenvalue weighted by Gasteiger charge is 2.26. The molecule has 0 radical (unpaired) electrons. The van der Waals surface area contributed by atoms with Gasteiger partial charge in [-0.3, -0.25) is 4.79 Å². The number of sulfone groups is 1. The van der Waals surface area contributed by atoms with E-state index in [-0.39, 0.29) is 29.2 Å². The molecule has 1 unspecified atom stereocenters. The van der Waals surface area contributed by atoms with E-state index in [0.717, 1.165) is 12.1 Å². The number of nitrogens with zero attached hydrogens (tertiary/aromatic N) is 1. The lowest BCUT2D eigenvalue weighted by molar-refractivity contribution is -0.116. The molecule has 0 bridgehead atoms. The van der Waals surface area contributed by atoms with E-state index in [4.69, 9.17) is 5.26 Å². The molecule has 2 N–H and O–H groups in total. The van der Waals surface area contributed by atoms with Crippen molar-refractivity contribution in [1.82, 2.24) is 5.32 Å². The van der Waals surface area contributed by atoms with Crippen LogP contribution in [0.25, 0.3) is 0 Å². The fourth-order valence-electron chi connectivity index (χ4n) is 2.14. The topological polar surface area (TPSA) is 99.1 Å². The zero-order valence-corrected chi connectivity index (χ0v) is 11.9. The van der Waals surface area contributed by atoms with Gasteiger partial charge in [0.15, 0.2) is 9.84 Å². The Morgan fingerprint density at radius 1 is 1.52 bits per heavy atom. The molecule has 21 heavy (non-hydrogen) atoms. The normalized spacial score (nSPS) is 20.5. The minimum Gasteiger partial charge on any atom is -0.325 e. The number of anilines is 1. The molecule has 1 aromatic rings. The number of hydrogen-bond donors (Lipinski definition) is 2. The minimum absolute atomic E-state index is 0.0209. The highest BCUT2D eigenvalue weighted by atomic mass is 32.2. The van der Waals surface area contributed by atoms with Crippen molar-refractivity contribution in [3.63, 3.8) is 0 Å². The SMILES string of the molecule is N#Cc1cc(F)ccc1NC(=O)CC1CS(=O)(=O)CCN1. The molecule has 8 heteroatoms. The lowest BCUT2D eigenvalue weighted by Gasteiger charge is -2.23. The summed E-state index contributed by atoms with van der Waals surface area (Å²) >= 11 is 0. The first-order valence-electron chi connectivity index (χ1n) is 6.33. The molecule has 0 aromatic heterocycles. The summed E-state index contributed by atoms with van der Waals surface area (Å²) in [6, 6.07) is 4.81. The van der Waals surface area contributed by atoms with Gasteiger partial charge in [0.2, 0.25) is 5.91 Å². The monoisotopic (exact) mass is 311 g/mol. The van der Waals surface area contributed by atoms with Gasteiger partial charge in [-0.15, -0.1) is 0 Å². The first kappa shape index (κ1) is 15.4. The van der Waals surface area contributed by atoms with Gasteiger partial charge in [-0.05, 0) is 18.2 Å². The molecule has 1 fully saturated rings. The van der Waals surface area contributed by atoms with Crippen molar-refractivity contribution in [3.8, 4) is 6.07 Å². The fourth-order valence-corrected chi connectivity index (χ4v) is 3.59. The predicted octanol–water partition coefficient (Wildman–Crippen LogP) is 0.413. The van der Waals surface area contributed by atoms with Gasteiger partial charge in [-0.2, -0.15) is 5.26 Å². The number of rotatable bonds is 3. The molecule has 1 aliphatic heterocycles. The summed E-state index contributed by atoms with van der Waals surface area (Å²) < 4.78 is 36.0. The van der Waals surface area contributed by atoms with E-state index < -0.39 is 27.6 Å². The number of carbonyl (C=O) groups is 1. The maximum atomic E-state index is 13.0. The van der Waals surface area contributed by atoms with E-state index in [1.54, 1.807) is 6.07 Å². The van der Waals surface area contributed by atoms with Crippen LogP contribution < -0.4 is 10.6 Å². The van der Waals surface area contributed by atoms with Crippen LogP contribution in [0.4, 0.5) is 10.1 Å². The Labute approximate surface area is 121 Å². The molecule has 0 spiro atoms. The molecule has 1 aliphatic rings. The average molecular weight is 311 g/mol. The van der Waals surface area contributed by atoms with Crippen LogP contribution in [-0.2, 0) is 14.6 Å². The molecular weight excluding hydrogens is 297 g/mol. The molecule has 112 valence electrons. The maximum Gasteiger partial charge on any atom is 0.226 e. The van der Waals surface area contributed by atoms with Crippen molar-refractivity contribution in [3.05, 3.63) is 29.6 Å². The Kier molecular flexibility index (Phi) is 4.55. The molecule has 0 saturated carbocycles. The summed E-state index contributed by atoms with van der Waals surface area (Å²) in [6.07, 6.45) is -0.0263. The standard InChI is InChI=1S/C13H14FN3O3S/c14-10-1-2-12(9(5-10)7-15)17-13(18)6-11-8-21(19,20)4-3-16-11/h1-2,5,11,16H,3-4,6,8H2,(H,17,18). The van der Waals surface area contributed by atoms with Crippen LogP contribution in [0.3, 0.4) is 0 Å². The summed E-state index contributed by atoms with van der Waals surface area (Å²) in [4.78, 5) is 11.9. The van der Waals surface area contributed by atoms with Crippen LogP contribution in [0.2, 0.25) is 0 Å². The molecule has 0 aliphatic carbocycles. The Bertz CT molecular complexity index is 697. The molecule has 1 amide bonds. The van der Waals surface area contributed by atoms with E-state index in [1.165, 1.54) is 6.07 Å². The van der Waals surface area contributed by atoms with Crippen LogP contribution in [0, 0.1) is 17.1 Å². The Balaban J connectivity index is 2.01. The number of nitrogens with one attached hydrogen (secondary N) is 2. The minimum atomic E-state index is -3.11. The second-order valence-corrected chi connectivity index (χ2v) is 7.05. The first-order chi connectivity index (χ1) is 9.89. The third kappa shape index (κ3) is 4.24. The molecule has 1 heterocycles. The maximum absolute atomic E-state index is 13.0. The van der Waals surface area contributed by atoms with E-state index in [9.17, 15) is 17.6 Å². The van der Waals surface area contributed by atoms with Crippen molar-refractivity contribution in [1.29, 1.82) is 5.26 Å². The molecule has 1 aromatic carbocycles. The molecule has 1 saturated heterocycles. The summed E-state index contributed by atoms with van der Waals surface area (Å²) in [5.74, 6) is -1.01. The van der Waals surface area contributed by atoms with Crippen molar-refractivity contribution in [2.24, 2.45) is 0 Å². The summed E-state index contributed by atoms with van der Waals surface area (Å²) in [5.41, 5.74) is 0.232. The second-order valence-electron chi connectivity index (χ2n) is 4.82. The number of benzene rings is 1. The van der Waals surface area contributed by atoms with Crippen molar-refractivity contribution in [2.45, 2.75) is 12.5 Å². The lowest BCUT2D eigenvalue weighted by Crippen LogP contribution is -2.46. The first-order valence-corrected chi connectivity index (χ1v) is 8.15. The number of nitriles is 1. The van der Waals surface area contributed by atoms with Gasteiger partial charge >= 0.3 is 0 Å². The molecule has 1 atom stereocenters. The summed E-state index contributed by atoms with van der Waals surface area (Å²) in [5, 5.41) is 14.4. The number of halogens is 1. The van der Waals surface area contributed by atoms with Gasteiger partial charge in [-0.25, -0.2) is 12.8 Å². The lowest BCUT2D eigenvalue weighted by atomic mass is 10.1. The summed E-state index contributed by atoms with van der Waals surface area (Å²) in [7, 11) is -3.11. The number of amides is 1. The predicted molar refractivity (Wildman–Crippen MR) is 74.8 cm³/mol. The van der Waals surface area contributed by atoms with Crippen molar-refractivity contribution in [2.75, 3.05) is 23.4 Å². The fraction of sp³-hybridized carbons (Fsp3) is 0.385. The quantitative estimate of drug-likeness (QED) is 0.842. The third-order valence-electron chi connectivity index (χ3n) is 3.11. The smallest absolute Gasteiger partial charge is 0.226 e. The second kappa shape index (κ2) is 6.20. The Hall–Kier alpha value is -1.98. The highest BCUT2D eigenvalue weighted by Crippen LogP contribution is 2.16. The zero-order valence-electron chi connectivity index (χ0n) is 11.1. The van der Waals surface area contributed by atoms with Gasteiger partial charge in [0.05, 0.1) is 22.8 Å². The van der Waals surface area contributed by atoms with Gasteiger partial charge in [0, 0.05) is 19.0 Å². The largest absolute Gasteiger partial charge is 0.325 e. The van der Waals surface area contributed by atoms with Crippen LogP contribution in [-0.4, -0.2) is 38.4 Å². The Morgan fingerprint density at radius 3 is 2.95 bits per heavy atom. The van der Waals surface area contributed by atoms with Crippen molar-refractivity contribution >= 4 is 21.4 Å². The molecule has 6 nitrogen and oxygen atoms in total. The van der Waals surface area contributed by atoms with Crippen LogP contribution in [0.1, 0.15) is 12.0 Å². The van der Waals surface area contributed by atoms with Crippen molar-refractivity contribution < 1.29 is 17.6 Å². The van der Waals surface area contributed by atoms with Gasteiger partial charge in [0.1, 0.15) is 11.9 Å². The average Bonchev–Trinajstić information content (AvgIpc) is 2.39. The highest BCUT2D eigenvalue weighted by molar-refractivity contribution is 7.91. The van der Waals surface area contributed by atoms with E-state index in [0.29, 0.717) is 6.54 Å². The molecule has 2 rings (SSSR count). The summed E-state index contributed by atoms with van der Waals surface area (Å²) in [6.45, 7) is 0.320. The van der Waals surface area contributed by atoms with E-state index in [2.05, 4.69) is 10.6 Å². The number of carbonyl (C=O) groups excluding carboxylic acids is 1. The Morgan fingerprint density at radius 2 is 2.29 bits per heavy atom. The van der Waals surface area contributed by atoms with Crippen LogP contribution in [0.5, 0.6) is 0 Å². The molecular formula is C13H14FN3O3S. The van der Waals surface area contributed by atoms with Crippen LogP contribution >= 0.6 is 0 Å². The van der Waals surface area contributed by atoms with Gasteiger partial charge in [0.25, 0.3) is 0 Å².